The van der Waals surface area contributed by atoms with Crippen molar-refractivity contribution in [1.29, 1.82) is 0 Å². The quantitative estimate of drug-likeness (QED) is 0.675. The topological polar surface area (TPSA) is 54.8 Å². The molecule has 26 heavy (non-hydrogen) atoms. The monoisotopic (exact) mass is 357 g/mol. The number of nitrogens with zero attached hydrogens (tertiary/aromatic N) is 5. The van der Waals surface area contributed by atoms with Crippen LogP contribution in [0.1, 0.15) is 16.8 Å². The molecule has 8 heteroatoms. The Kier molecular flexibility index (Phi) is 4.34. The first-order valence-corrected chi connectivity index (χ1v) is 8.06. The van der Waals surface area contributed by atoms with Crippen LogP contribution in [0.4, 0.5) is 13.2 Å². The van der Waals surface area contributed by atoms with Gasteiger partial charge < -0.3 is 0 Å². The van der Waals surface area contributed by atoms with E-state index in [0.717, 1.165) is 29.0 Å². The zero-order chi connectivity index (χ0) is 18.1. The third-order valence-electron chi connectivity index (χ3n) is 4.28. The summed E-state index contributed by atoms with van der Waals surface area (Å²) in [5, 5.41) is 0. The molecule has 1 aromatic carbocycles. The normalized spacial score (nSPS) is 14.3. The number of rotatable bonds is 3. The van der Waals surface area contributed by atoms with E-state index in [1.54, 1.807) is 18.6 Å². The molecule has 0 bridgehead atoms. The molecule has 0 amide bonds. The van der Waals surface area contributed by atoms with Crippen LogP contribution in [0.3, 0.4) is 0 Å². The molecule has 0 fully saturated rings. The van der Waals surface area contributed by atoms with Crippen molar-refractivity contribution in [2.75, 3.05) is 6.54 Å². The zero-order valence-electron chi connectivity index (χ0n) is 13.7. The smallest absolute Gasteiger partial charge is 0.194 e. The predicted octanol–water partition coefficient (Wildman–Crippen LogP) is 2.91. The number of benzene rings is 1. The molecule has 0 spiro atoms. The second-order valence-electron chi connectivity index (χ2n) is 6.13. The van der Waals surface area contributed by atoms with Crippen LogP contribution in [-0.4, -0.2) is 31.4 Å². The lowest BCUT2D eigenvalue weighted by atomic mass is 10.1. The van der Waals surface area contributed by atoms with E-state index in [0.29, 0.717) is 37.4 Å². The minimum atomic E-state index is -1.44. The molecule has 3 aromatic rings. The Balaban J connectivity index is 1.52. The summed E-state index contributed by atoms with van der Waals surface area (Å²) in [5.41, 5.74) is 3.03. The van der Waals surface area contributed by atoms with Gasteiger partial charge in [-0.2, -0.15) is 0 Å². The van der Waals surface area contributed by atoms with Crippen molar-refractivity contribution >= 4 is 0 Å². The highest BCUT2D eigenvalue weighted by Crippen LogP contribution is 2.22. The minimum Gasteiger partial charge on any atom is -0.294 e. The van der Waals surface area contributed by atoms with E-state index < -0.39 is 17.5 Å². The minimum absolute atomic E-state index is 0.321. The Morgan fingerprint density at radius 1 is 1.00 bits per heavy atom. The Bertz CT molecular complexity index is 926. The predicted molar refractivity (Wildman–Crippen MR) is 87.2 cm³/mol. The largest absolute Gasteiger partial charge is 0.294 e. The molecule has 5 nitrogen and oxygen atoms in total. The highest BCUT2D eigenvalue weighted by atomic mass is 19.2. The van der Waals surface area contributed by atoms with E-state index in [1.165, 1.54) is 6.33 Å². The summed E-state index contributed by atoms with van der Waals surface area (Å²) in [6, 6.07) is 2.06. The summed E-state index contributed by atoms with van der Waals surface area (Å²) in [5.74, 6) is -3.21. The van der Waals surface area contributed by atoms with Crippen LogP contribution in [0.25, 0.3) is 11.4 Å². The van der Waals surface area contributed by atoms with Crippen molar-refractivity contribution in [3.05, 3.63) is 71.3 Å². The summed E-state index contributed by atoms with van der Waals surface area (Å²) in [6.07, 6.45) is 7.19. The van der Waals surface area contributed by atoms with Crippen molar-refractivity contribution in [2.24, 2.45) is 0 Å². The fourth-order valence-electron chi connectivity index (χ4n) is 3.02. The number of hydrogen-bond acceptors (Lipinski definition) is 5. The summed E-state index contributed by atoms with van der Waals surface area (Å²) < 4.78 is 39.8. The molecule has 0 radical (unpaired) electrons. The average molecular weight is 357 g/mol. The Labute approximate surface area is 147 Å². The van der Waals surface area contributed by atoms with Crippen molar-refractivity contribution in [3.63, 3.8) is 0 Å². The second kappa shape index (κ2) is 6.80. The molecule has 1 aliphatic heterocycles. The van der Waals surface area contributed by atoms with Crippen molar-refractivity contribution in [1.82, 2.24) is 24.8 Å². The molecule has 0 saturated heterocycles. The van der Waals surface area contributed by atoms with Gasteiger partial charge in [-0.05, 0) is 17.7 Å². The summed E-state index contributed by atoms with van der Waals surface area (Å²) >= 11 is 0. The van der Waals surface area contributed by atoms with Gasteiger partial charge in [0.25, 0.3) is 0 Å². The maximum absolute atomic E-state index is 13.4. The van der Waals surface area contributed by atoms with Crippen molar-refractivity contribution in [2.45, 2.75) is 19.5 Å². The van der Waals surface area contributed by atoms with E-state index >= 15 is 0 Å². The van der Waals surface area contributed by atoms with Crippen molar-refractivity contribution in [3.8, 4) is 11.4 Å². The molecule has 4 rings (SSSR count). The van der Waals surface area contributed by atoms with Gasteiger partial charge in [-0.3, -0.25) is 4.90 Å². The lowest BCUT2D eigenvalue weighted by Gasteiger charge is -2.28. The first-order chi connectivity index (χ1) is 12.6. The van der Waals surface area contributed by atoms with Crippen LogP contribution >= 0.6 is 0 Å². The lowest BCUT2D eigenvalue weighted by molar-refractivity contribution is 0.242. The Morgan fingerprint density at radius 2 is 1.73 bits per heavy atom. The molecule has 132 valence electrons. The first-order valence-electron chi connectivity index (χ1n) is 8.06. The molecule has 0 unspecified atom stereocenters. The molecule has 0 saturated carbocycles. The SMILES string of the molecule is Fc1cc(CN2CCc3nc(-c4cncnc4)ncc3C2)cc(F)c1F. The Hall–Kier alpha value is -2.87. The maximum Gasteiger partial charge on any atom is 0.194 e. The highest BCUT2D eigenvalue weighted by molar-refractivity contribution is 5.52. The van der Waals surface area contributed by atoms with Crippen LogP contribution < -0.4 is 0 Å². The summed E-state index contributed by atoms with van der Waals surface area (Å²) in [6.45, 7) is 1.55. The third kappa shape index (κ3) is 3.28. The van der Waals surface area contributed by atoms with Crippen LogP contribution in [0.5, 0.6) is 0 Å². The molecule has 0 aliphatic carbocycles. The maximum atomic E-state index is 13.4. The fourth-order valence-corrected chi connectivity index (χ4v) is 3.02. The van der Waals surface area contributed by atoms with Crippen molar-refractivity contribution < 1.29 is 13.2 Å². The number of halogens is 3. The van der Waals surface area contributed by atoms with Gasteiger partial charge in [-0.1, -0.05) is 0 Å². The van der Waals surface area contributed by atoms with Gasteiger partial charge in [-0.25, -0.2) is 33.1 Å². The van der Waals surface area contributed by atoms with E-state index in [2.05, 4.69) is 19.9 Å². The molecule has 2 aromatic heterocycles. The van der Waals surface area contributed by atoms with Crippen LogP contribution in [0.2, 0.25) is 0 Å². The Morgan fingerprint density at radius 3 is 2.46 bits per heavy atom. The van der Waals surface area contributed by atoms with Gasteiger partial charge in [-0.15, -0.1) is 0 Å². The molecule has 1 aliphatic rings. The van der Waals surface area contributed by atoms with E-state index in [1.807, 2.05) is 4.90 Å². The highest BCUT2D eigenvalue weighted by Gasteiger charge is 2.20. The van der Waals surface area contributed by atoms with E-state index in [9.17, 15) is 13.2 Å². The summed E-state index contributed by atoms with van der Waals surface area (Å²) in [7, 11) is 0. The third-order valence-corrected chi connectivity index (χ3v) is 4.28. The second-order valence-corrected chi connectivity index (χ2v) is 6.13. The van der Waals surface area contributed by atoms with Gasteiger partial charge in [0.2, 0.25) is 0 Å². The zero-order valence-corrected chi connectivity index (χ0v) is 13.7. The molecule has 3 heterocycles. The number of aromatic nitrogens is 4. The van der Waals surface area contributed by atoms with Gasteiger partial charge in [0, 0.05) is 50.2 Å². The lowest BCUT2D eigenvalue weighted by Crippen LogP contribution is -2.31. The molecule has 0 N–H and O–H groups in total. The van der Waals surface area contributed by atoms with Crippen LogP contribution in [-0.2, 0) is 19.5 Å². The first kappa shape index (κ1) is 16.6. The van der Waals surface area contributed by atoms with Crippen LogP contribution in [0.15, 0.2) is 37.1 Å². The summed E-state index contributed by atoms with van der Waals surface area (Å²) in [4.78, 5) is 18.9. The fraction of sp³-hybridized carbons (Fsp3) is 0.222. The molecule has 0 atom stereocenters. The van der Waals surface area contributed by atoms with E-state index in [4.69, 9.17) is 0 Å². The number of hydrogen-bond donors (Lipinski definition) is 0. The van der Waals surface area contributed by atoms with Gasteiger partial charge in [0.15, 0.2) is 23.3 Å². The van der Waals surface area contributed by atoms with Gasteiger partial charge in [0.05, 0.1) is 11.3 Å². The molecular weight excluding hydrogens is 343 g/mol. The standard InChI is InChI=1S/C18H14F3N5/c19-14-3-11(4-15(20)17(14)21)8-26-2-1-16-13(9-26)7-24-18(25-16)12-5-22-10-23-6-12/h3-7,10H,1-2,8-9H2. The van der Waals surface area contributed by atoms with Gasteiger partial charge in [0.1, 0.15) is 6.33 Å². The van der Waals surface area contributed by atoms with Gasteiger partial charge >= 0.3 is 0 Å². The average Bonchev–Trinajstić information content (AvgIpc) is 2.66. The van der Waals surface area contributed by atoms with E-state index in [-0.39, 0.29) is 0 Å². The van der Waals surface area contributed by atoms with Crippen LogP contribution in [0, 0.1) is 17.5 Å². The molecular formula is C18H14F3N5. The number of fused-ring (bicyclic) bond motifs is 1.